The number of ether oxygens (including phenoxy) is 5. The average molecular weight is 702 g/mol. The van der Waals surface area contributed by atoms with Crippen LogP contribution in [0.25, 0.3) is 11.1 Å². The molecule has 2 fully saturated rings. The van der Waals surface area contributed by atoms with Crippen molar-refractivity contribution in [2.75, 3.05) is 70.5 Å². The van der Waals surface area contributed by atoms with Gasteiger partial charge in [0.15, 0.2) is 28.6 Å². The van der Waals surface area contributed by atoms with Gasteiger partial charge in [0.05, 0.1) is 45.8 Å². The van der Waals surface area contributed by atoms with Crippen LogP contribution in [0.1, 0.15) is 61.0 Å². The molecule has 6 rings (SSSR count). The molecule has 2 aliphatic heterocycles. The smallest absolute Gasteiger partial charge is 0.340 e. The third-order valence-electron chi connectivity index (χ3n) is 9.72. The maximum Gasteiger partial charge on any atom is 0.340 e. The Balaban J connectivity index is 1.42. The summed E-state index contributed by atoms with van der Waals surface area (Å²) in [6, 6.07) is 16.7. The van der Waals surface area contributed by atoms with Gasteiger partial charge in [-0.05, 0) is 113 Å². The van der Waals surface area contributed by atoms with Gasteiger partial charge in [0.1, 0.15) is 5.52 Å². The lowest BCUT2D eigenvalue weighted by Gasteiger charge is -2.37. The molecule has 2 N–H and O–H groups in total. The van der Waals surface area contributed by atoms with Crippen LogP contribution in [-0.2, 0) is 17.8 Å². The molecule has 51 heavy (non-hydrogen) atoms. The van der Waals surface area contributed by atoms with Crippen molar-refractivity contribution in [3.8, 4) is 23.0 Å². The number of esters is 1. The molecule has 0 spiro atoms. The van der Waals surface area contributed by atoms with E-state index in [9.17, 15) is 4.79 Å². The Morgan fingerprint density at radius 1 is 0.745 bits per heavy atom. The highest BCUT2D eigenvalue weighted by Crippen LogP contribution is 2.37. The minimum absolute atomic E-state index is 0.178. The van der Waals surface area contributed by atoms with Crippen LogP contribution in [0.4, 0.5) is 11.7 Å². The van der Waals surface area contributed by atoms with Crippen LogP contribution in [0, 0.1) is 0 Å². The zero-order chi connectivity index (χ0) is 35.7. The molecule has 0 bridgehead atoms. The van der Waals surface area contributed by atoms with E-state index in [1.807, 2.05) is 50.2 Å². The number of anilines is 2. The van der Waals surface area contributed by atoms with Crippen LogP contribution >= 0.6 is 0 Å². The van der Waals surface area contributed by atoms with Crippen molar-refractivity contribution >= 4 is 28.8 Å². The van der Waals surface area contributed by atoms with Crippen LogP contribution in [0.15, 0.2) is 52.9 Å². The van der Waals surface area contributed by atoms with E-state index in [0.717, 1.165) is 68.7 Å². The van der Waals surface area contributed by atoms with Crippen molar-refractivity contribution in [1.29, 1.82) is 0 Å². The number of nitrogens with one attached hydrogen (secondary N) is 2. The summed E-state index contributed by atoms with van der Waals surface area (Å²) in [5.74, 6) is 2.35. The molecule has 0 aliphatic carbocycles. The Morgan fingerprint density at radius 3 is 1.78 bits per heavy atom. The molecule has 12 nitrogen and oxygen atoms in total. The second kappa shape index (κ2) is 17.0. The van der Waals surface area contributed by atoms with E-state index in [-0.39, 0.29) is 12.1 Å². The highest BCUT2D eigenvalue weighted by Gasteiger charge is 2.30. The van der Waals surface area contributed by atoms with E-state index < -0.39 is 5.97 Å². The zero-order valence-electron chi connectivity index (χ0n) is 30.5. The SMILES string of the molecule is CCOc1cc(CN(c2nc3cc(N(Cc4ccc(OC)c(OCC)c4)C4CCNCC4)c(C(=O)OC)cc3o2)C2CCNCC2)ccc1OC. The van der Waals surface area contributed by atoms with E-state index in [2.05, 4.69) is 26.5 Å². The van der Waals surface area contributed by atoms with Gasteiger partial charge in [-0.1, -0.05) is 12.1 Å². The molecule has 3 heterocycles. The second-order valence-corrected chi connectivity index (χ2v) is 12.9. The van der Waals surface area contributed by atoms with Crippen molar-refractivity contribution in [1.82, 2.24) is 15.6 Å². The Bertz CT molecular complexity index is 1770. The number of hydrogen-bond acceptors (Lipinski definition) is 12. The topological polar surface area (TPSA) is 120 Å². The fourth-order valence-electron chi connectivity index (χ4n) is 7.15. The Morgan fingerprint density at radius 2 is 1.27 bits per heavy atom. The first-order chi connectivity index (χ1) is 25.0. The molecule has 3 aromatic carbocycles. The molecular formula is C39H51N5O7. The van der Waals surface area contributed by atoms with E-state index in [1.165, 1.54) is 7.11 Å². The first-order valence-electron chi connectivity index (χ1n) is 18.0. The summed E-state index contributed by atoms with van der Waals surface area (Å²) in [5.41, 5.74) is 4.51. The lowest BCUT2D eigenvalue weighted by Crippen LogP contribution is -2.43. The minimum Gasteiger partial charge on any atom is -0.493 e. The maximum absolute atomic E-state index is 13.5. The maximum atomic E-state index is 13.5. The quantitative estimate of drug-likeness (QED) is 0.143. The Kier molecular flexibility index (Phi) is 12.1. The van der Waals surface area contributed by atoms with Gasteiger partial charge >= 0.3 is 5.97 Å². The molecule has 0 unspecified atom stereocenters. The van der Waals surface area contributed by atoms with Crippen molar-refractivity contribution in [2.24, 2.45) is 0 Å². The number of fused-ring (bicyclic) bond motifs is 1. The van der Waals surface area contributed by atoms with Gasteiger partial charge in [-0.3, -0.25) is 0 Å². The number of methoxy groups -OCH3 is 3. The molecule has 0 radical (unpaired) electrons. The van der Waals surface area contributed by atoms with Crippen LogP contribution in [0.3, 0.4) is 0 Å². The van der Waals surface area contributed by atoms with Crippen LogP contribution in [0.2, 0.25) is 0 Å². The van der Waals surface area contributed by atoms with Gasteiger partial charge in [0.2, 0.25) is 0 Å². The van der Waals surface area contributed by atoms with E-state index in [4.69, 9.17) is 33.1 Å². The van der Waals surface area contributed by atoms with Gasteiger partial charge < -0.3 is 48.5 Å². The number of aromatic nitrogens is 1. The molecule has 0 saturated carbocycles. The molecule has 2 saturated heterocycles. The van der Waals surface area contributed by atoms with Crippen molar-refractivity contribution in [3.63, 3.8) is 0 Å². The predicted octanol–water partition coefficient (Wildman–Crippen LogP) is 5.95. The number of benzene rings is 3. The number of hydrogen-bond donors (Lipinski definition) is 2. The third kappa shape index (κ3) is 8.28. The Hall–Kier alpha value is -4.68. The molecule has 2 aliphatic rings. The summed E-state index contributed by atoms with van der Waals surface area (Å²) < 4.78 is 34.8. The fourth-order valence-corrected chi connectivity index (χ4v) is 7.15. The number of rotatable bonds is 15. The normalized spacial score (nSPS) is 15.4. The standard InChI is InChI=1S/C39H51N5O7/c1-6-49-36-20-26(8-10-33(36)46-3)24-43(28-12-16-40-17-13-28)32-23-31-35(22-30(32)38(45)48-5)51-39(42-31)44(29-14-18-41-19-15-29)25-27-9-11-34(47-4)37(21-27)50-7-2/h8-11,20-23,28-29,40-41H,6-7,12-19,24-25H2,1-5H3. The molecule has 12 heteroatoms. The first kappa shape index (κ1) is 36.1. The fraction of sp³-hybridized carbons (Fsp3) is 0.487. The number of carbonyl (C=O) groups excluding carboxylic acids is 1. The molecular weight excluding hydrogens is 650 g/mol. The van der Waals surface area contributed by atoms with Gasteiger partial charge in [0.25, 0.3) is 6.01 Å². The molecule has 0 atom stereocenters. The van der Waals surface area contributed by atoms with Crippen molar-refractivity contribution in [2.45, 2.75) is 64.7 Å². The van der Waals surface area contributed by atoms with Crippen LogP contribution in [0.5, 0.6) is 23.0 Å². The minimum atomic E-state index is -0.426. The predicted molar refractivity (Wildman–Crippen MR) is 198 cm³/mol. The number of piperidine rings is 2. The van der Waals surface area contributed by atoms with Crippen LogP contribution in [-0.4, -0.2) is 83.8 Å². The van der Waals surface area contributed by atoms with Crippen molar-refractivity contribution in [3.05, 3.63) is 65.2 Å². The van der Waals surface area contributed by atoms with Crippen LogP contribution < -0.4 is 39.4 Å². The third-order valence-corrected chi connectivity index (χ3v) is 9.72. The number of carbonyl (C=O) groups is 1. The largest absolute Gasteiger partial charge is 0.493 e. The number of nitrogens with zero attached hydrogens (tertiary/aromatic N) is 3. The lowest BCUT2D eigenvalue weighted by atomic mass is 10.0. The monoisotopic (exact) mass is 701 g/mol. The van der Waals surface area contributed by atoms with Gasteiger partial charge in [0, 0.05) is 25.2 Å². The highest BCUT2D eigenvalue weighted by molar-refractivity contribution is 6.00. The number of oxazole rings is 1. The molecule has 4 aromatic rings. The summed E-state index contributed by atoms with van der Waals surface area (Å²) in [6.07, 6.45) is 3.74. The van der Waals surface area contributed by atoms with E-state index in [1.54, 1.807) is 20.3 Å². The van der Waals surface area contributed by atoms with Gasteiger partial charge in [-0.25, -0.2) is 4.79 Å². The summed E-state index contributed by atoms with van der Waals surface area (Å²) in [7, 11) is 4.71. The van der Waals surface area contributed by atoms with E-state index in [0.29, 0.717) is 72.0 Å². The molecule has 0 amide bonds. The summed E-state index contributed by atoms with van der Waals surface area (Å²) in [5, 5.41) is 6.96. The van der Waals surface area contributed by atoms with Gasteiger partial charge in [-0.2, -0.15) is 4.98 Å². The summed E-state index contributed by atoms with van der Waals surface area (Å²) in [6.45, 7) is 9.69. The summed E-state index contributed by atoms with van der Waals surface area (Å²) in [4.78, 5) is 23.2. The van der Waals surface area contributed by atoms with Gasteiger partial charge in [-0.15, -0.1) is 0 Å². The molecule has 274 valence electrons. The highest BCUT2D eigenvalue weighted by atomic mass is 16.5. The summed E-state index contributed by atoms with van der Waals surface area (Å²) >= 11 is 0. The molecule has 1 aromatic heterocycles. The van der Waals surface area contributed by atoms with E-state index >= 15 is 0 Å². The lowest BCUT2D eigenvalue weighted by molar-refractivity contribution is 0.0601. The average Bonchev–Trinajstić information content (AvgIpc) is 3.59. The van der Waals surface area contributed by atoms with Crippen molar-refractivity contribution < 1.29 is 32.9 Å². The Labute approximate surface area is 300 Å². The first-order valence-corrected chi connectivity index (χ1v) is 18.0. The zero-order valence-corrected chi connectivity index (χ0v) is 30.5. The second-order valence-electron chi connectivity index (χ2n) is 12.9.